The van der Waals surface area contributed by atoms with E-state index in [-0.39, 0.29) is 127 Å². The van der Waals surface area contributed by atoms with E-state index in [2.05, 4.69) is 42.9 Å². The van der Waals surface area contributed by atoms with Crippen LogP contribution in [0.2, 0.25) is 0 Å². The maximum Gasteiger partial charge on any atom is 0.409 e. The van der Waals surface area contributed by atoms with Gasteiger partial charge >= 0.3 is 12.1 Å². The van der Waals surface area contributed by atoms with E-state index in [1.807, 2.05) is 0 Å². The quantitative estimate of drug-likeness (QED) is 0.0935. The van der Waals surface area contributed by atoms with Gasteiger partial charge in [-0.15, -0.1) is 6.42 Å². The first-order chi connectivity index (χ1) is 36.2. The number of nitrogens with one attached hydrogen (secondary N) is 2. The molecule has 75 heavy (non-hydrogen) atoms. The van der Waals surface area contributed by atoms with E-state index in [0.29, 0.717) is 55.5 Å². The van der Waals surface area contributed by atoms with Crippen molar-refractivity contribution in [3.05, 3.63) is 89.1 Å². The van der Waals surface area contributed by atoms with Gasteiger partial charge in [-0.2, -0.15) is 9.97 Å². The van der Waals surface area contributed by atoms with Crippen LogP contribution in [-0.4, -0.2) is 159 Å². The van der Waals surface area contributed by atoms with Crippen molar-refractivity contribution in [2.75, 3.05) is 64.1 Å². The molecule has 2 unspecified atom stereocenters. The summed E-state index contributed by atoms with van der Waals surface area (Å²) in [5.41, 5.74) is 0.287. The van der Waals surface area contributed by atoms with Crippen molar-refractivity contribution in [1.29, 1.82) is 0 Å². The molecule has 0 radical (unpaired) electrons. The van der Waals surface area contributed by atoms with Gasteiger partial charge in [-0.1, -0.05) is 30.2 Å². The highest BCUT2D eigenvalue weighted by atomic mass is 19.1. The SMILES string of the molecule is C#Cc1c(F)ccc2cc(O)cc(-c3ncc4c(N5C[C@H]6CC[C@@H](C5)N6)nc(OC[C@@]56CC[C@@H](COC(=O)N7CCOC(COc8cccc9c8C(=O)N(C8CCC(=O)NC8=O)C9=O)C7)N5CC(=C)C6)nc4c3F)c12. The van der Waals surface area contributed by atoms with Crippen LogP contribution in [0.3, 0.4) is 0 Å². The van der Waals surface area contributed by atoms with Gasteiger partial charge in [-0.25, -0.2) is 13.6 Å². The number of amides is 5. The van der Waals surface area contributed by atoms with Gasteiger partial charge in [-0.05, 0) is 74.2 Å². The normalized spacial score (nSPS) is 25.5. The van der Waals surface area contributed by atoms with Crippen molar-refractivity contribution in [2.45, 2.75) is 80.8 Å². The standard InChI is InChI=1S/C54H51F2N9O10/c1-3-35-39(55)10-7-29-17-33(66)18-37(43(29)35)46-45(56)47-38(20-57-46)48(63-22-30-8-9-31(23-63)58-30)61-52(60-47)75-27-54-14-13-32(64(54)21-28(2)19-54)25-74-53(71)62-15-16-72-34(24-62)26-73-41-6-4-5-36-44(41)51(70)65(50(36)69)40-11-12-42(67)59-49(40)68/h1,4-7,10,17-18,20,30-32,34,40,58,66H,2,8-9,11-16,19,21-27H2,(H,59,67,68)/t30-,31+,32-,34?,40?,54-/m0/s1. The molecule has 7 aliphatic heterocycles. The Balaban J connectivity index is 0.733. The fourth-order valence-electron chi connectivity index (χ4n) is 12.2. The highest BCUT2D eigenvalue weighted by Crippen LogP contribution is 2.45. The average molecular weight is 1020 g/mol. The average Bonchev–Trinajstić information content (AvgIpc) is 4.11. The number of piperazine rings is 1. The molecule has 6 saturated heterocycles. The lowest BCUT2D eigenvalue weighted by atomic mass is 9.94. The molecule has 0 saturated carbocycles. The number of anilines is 1. The fourth-order valence-corrected chi connectivity index (χ4v) is 12.2. The highest BCUT2D eigenvalue weighted by molar-refractivity contribution is 6.24. The Labute approximate surface area is 428 Å². The Morgan fingerprint density at radius 1 is 0.987 bits per heavy atom. The number of piperidine rings is 1. The molecule has 0 spiro atoms. The van der Waals surface area contributed by atoms with Crippen LogP contribution < -0.4 is 25.0 Å². The molecular formula is C54H51F2N9O10. The minimum Gasteiger partial charge on any atom is -0.508 e. The smallest absolute Gasteiger partial charge is 0.409 e. The topological polar surface area (TPSA) is 218 Å². The van der Waals surface area contributed by atoms with Gasteiger partial charge in [0, 0.05) is 67.9 Å². The van der Waals surface area contributed by atoms with E-state index in [9.17, 15) is 29.1 Å². The predicted octanol–water partition coefficient (Wildman–Crippen LogP) is 4.61. The number of hydrogen-bond donors (Lipinski definition) is 3. The van der Waals surface area contributed by atoms with Crippen LogP contribution in [0.4, 0.5) is 19.4 Å². The monoisotopic (exact) mass is 1020 g/mol. The minimum atomic E-state index is -1.12. The summed E-state index contributed by atoms with van der Waals surface area (Å²) in [6, 6.07) is 9.09. The maximum absolute atomic E-state index is 17.3. The number of benzene rings is 3. The molecule has 2 aromatic heterocycles. The first-order valence-electron chi connectivity index (χ1n) is 25.1. The molecule has 19 nitrogen and oxygen atoms in total. The van der Waals surface area contributed by atoms with Gasteiger partial charge in [0.2, 0.25) is 11.8 Å². The Kier molecular flexibility index (Phi) is 12.1. The summed E-state index contributed by atoms with van der Waals surface area (Å²) in [6.07, 6.45) is 10.1. The number of halogens is 2. The van der Waals surface area contributed by atoms with Gasteiger partial charge < -0.3 is 39.2 Å². The molecule has 2 bridgehead atoms. The molecular weight excluding hydrogens is 973 g/mol. The third kappa shape index (κ3) is 8.50. The van der Waals surface area contributed by atoms with Crippen molar-refractivity contribution in [3.8, 4) is 41.1 Å². The molecule has 9 heterocycles. The molecule has 21 heteroatoms. The number of aromatic nitrogens is 3. The van der Waals surface area contributed by atoms with Gasteiger partial charge in [-0.3, -0.25) is 39.3 Å². The van der Waals surface area contributed by atoms with Crippen LogP contribution in [-0.2, 0) is 19.1 Å². The number of rotatable bonds is 11. The lowest BCUT2D eigenvalue weighted by Crippen LogP contribution is -2.54. The maximum atomic E-state index is 17.3. The Bertz CT molecular complexity index is 3320. The van der Waals surface area contributed by atoms with Crippen LogP contribution in [0.15, 0.2) is 60.8 Å². The van der Waals surface area contributed by atoms with Crippen molar-refractivity contribution in [3.63, 3.8) is 0 Å². The number of imide groups is 2. The Morgan fingerprint density at radius 3 is 2.61 bits per heavy atom. The van der Waals surface area contributed by atoms with Crippen LogP contribution in [0, 0.1) is 24.0 Å². The van der Waals surface area contributed by atoms with Crippen LogP contribution >= 0.6 is 0 Å². The summed E-state index contributed by atoms with van der Waals surface area (Å²) < 4.78 is 56.9. The third-order valence-electron chi connectivity index (χ3n) is 15.7. The number of phenolic OH excluding ortho intramolecular Hbond substituents is 1. The second kappa shape index (κ2) is 18.8. The van der Waals surface area contributed by atoms with Gasteiger partial charge in [0.05, 0.1) is 40.8 Å². The van der Waals surface area contributed by atoms with Crippen molar-refractivity contribution >= 4 is 57.2 Å². The van der Waals surface area contributed by atoms with Gasteiger partial charge in [0.25, 0.3) is 11.8 Å². The van der Waals surface area contributed by atoms with Crippen molar-refractivity contribution < 1.29 is 56.8 Å². The first-order valence-corrected chi connectivity index (χ1v) is 25.1. The van der Waals surface area contributed by atoms with E-state index < -0.39 is 59.0 Å². The minimum absolute atomic E-state index is 0.00627. The zero-order valence-corrected chi connectivity index (χ0v) is 40.6. The number of fused-ring (bicyclic) bond motifs is 6. The number of nitrogens with zero attached hydrogens (tertiary/aromatic N) is 7. The number of terminal acetylenes is 1. The number of carbonyl (C=O) groups excluding carboxylic acids is 5. The van der Waals surface area contributed by atoms with E-state index in [1.54, 1.807) is 12.1 Å². The van der Waals surface area contributed by atoms with Gasteiger partial charge in [0.15, 0.2) is 5.82 Å². The van der Waals surface area contributed by atoms with Crippen LogP contribution in [0.5, 0.6) is 17.5 Å². The van der Waals surface area contributed by atoms with E-state index in [0.717, 1.165) is 23.3 Å². The highest BCUT2D eigenvalue weighted by Gasteiger charge is 2.52. The summed E-state index contributed by atoms with van der Waals surface area (Å²) in [5, 5.41) is 17.6. The molecule has 3 aromatic carbocycles. The number of pyridine rings is 1. The molecule has 5 amide bonds. The second-order valence-corrected chi connectivity index (χ2v) is 20.4. The number of morpholine rings is 1. The Hall–Kier alpha value is -7.80. The number of ether oxygens (including phenoxy) is 4. The molecule has 0 aliphatic carbocycles. The van der Waals surface area contributed by atoms with E-state index in [1.165, 1.54) is 41.4 Å². The molecule has 3 N–H and O–H groups in total. The first kappa shape index (κ1) is 48.2. The Morgan fingerprint density at radius 2 is 1.81 bits per heavy atom. The summed E-state index contributed by atoms with van der Waals surface area (Å²) in [4.78, 5) is 85.9. The zero-order chi connectivity index (χ0) is 51.9. The van der Waals surface area contributed by atoms with Crippen molar-refractivity contribution in [1.82, 2.24) is 40.3 Å². The summed E-state index contributed by atoms with van der Waals surface area (Å²) >= 11 is 0. The molecule has 6 fully saturated rings. The van der Waals surface area contributed by atoms with Crippen molar-refractivity contribution in [2.24, 2.45) is 0 Å². The summed E-state index contributed by atoms with van der Waals surface area (Å²) in [7, 11) is 0. The van der Waals surface area contributed by atoms with E-state index >= 15 is 8.78 Å². The van der Waals surface area contributed by atoms with Crippen LogP contribution in [0.25, 0.3) is 32.9 Å². The fraction of sp³-hybridized carbons (Fsp3) is 0.407. The van der Waals surface area contributed by atoms with Crippen LogP contribution in [0.1, 0.15) is 71.2 Å². The van der Waals surface area contributed by atoms with Gasteiger partial charge in [0.1, 0.15) is 66.3 Å². The number of carbonyl (C=O) groups is 5. The third-order valence-corrected chi connectivity index (χ3v) is 15.7. The zero-order valence-electron chi connectivity index (χ0n) is 40.6. The number of phenols is 1. The molecule has 7 aliphatic rings. The largest absolute Gasteiger partial charge is 0.508 e. The number of aromatic hydroxyl groups is 1. The lowest BCUT2D eigenvalue weighted by molar-refractivity contribution is -0.136. The predicted molar refractivity (Wildman–Crippen MR) is 265 cm³/mol. The molecule has 5 aromatic rings. The lowest BCUT2D eigenvalue weighted by Gasteiger charge is -2.35. The molecule has 386 valence electrons. The summed E-state index contributed by atoms with van der Waals surface area (Å²) in [6.45, 7) is 6.85. The molecule has 12 rings (SSSR count). The molecule has 6 atom stereocenters. The second-order valence-electron chi connectivity index (χ2n) is 20.4. The summed E-state index contributed by atoms with van der Waals surface area (Å²) in [5.74, 6) is -1.23. The number of hydrogen-bond acceptors (Lipinski definition) is 16. The van der Waals surface area contributed by atoms with E-state index in [4.69, 9.17) is 30.4 Å².